The van der Waals surface area contributed by atoms with Gasteiger partial charge in [-0.25, -0.2) is 9.97 Å². The van der Waals surface area contributed by atoms with Gasteiger partial charge in [-0.3, -0.25) is 19.0 Å². The monoisotopic (exact) mass is 386 g/mol. The average Bonchev–Trinajstić information content (AvgIpc) is 3.32. The maximum absolute atomic E-state index is 13.2. The van der Waals surface area contributed by atoms with Crippen molar-refractivity contribution in [2.75, 3.05) is 25.5 Å². The Balaban J connectivity index is 1.91. The fourth-order valence-corrected chi connectivity index (χ4v) is 3.18. The molecule has 3 rings (SSSR count). The van der Waals surface area contributed by atoms with E-state index in [-0.39, 0.29) is 5.91 Å². The Morgan fingerprint density at radius 2 is 1.96 bits per heavy atom. The van der Waals surface area contributed by atoms with Crippen molar-refractivity contribution in [1.82, 2.24) is 24.4 Å². The second-order valence-corrected chi connectivity index (χ2v) is 7.95. The Hall–Kier alpha value is -2.84. The van der Waals surface area contributed by atoms with Crippen LogP contribution in [0.2, 0.25) is 0 Å². The van der Waals surface area contributed by atoms with Crippen molar-refractivity contribution in [2.24, 2.45) is 5.41 Å². The normalized spacial score (nSPS) is 17.2. The summed E-state index contributed by atoms with van der Waals surface area (Å²) in [5.41, 5.74) is 0.143. The Labute approximate surface area is 163 Å². The zero-order chi connectivity index (χ0) is 20.6. The van der Waals surface area contributed by atoms with E-state index in [9.17, 15) is 14.4 Å². The number of fused-ring (bicyclic) bond motifs is 1. The molecule has 1 aliphatic rings. The van der Waals surface area contributed by atoms with Crippen LogP contribution < -0.4 is 4.90 Å². The highest BCUT2D eigenvalue weighted by Gasteiger charge is 2.41. The van der Waals surface area contributed by atoms with Gasteiger partial charge in [-0.1, -0.05) is 20.8 Å². The Bertz CT molecular complexity index is 933. The van der Waals surface area contributed by atoms with Crippen LogP contribution >= 0.6 is 0 Å². The Morgan fingerprint density at radius 3 is 2.61 bits per heavy atom. The molecule has 0 spiro atoms. The molecule has 0 aliphatic carbocycles. The largest absolute Gasteiger partial charge is 0.347 e. The van der Waals surface area contributed by atoms with E-state index < -0.39 is 23.1 Å². The van der Waals surface area contributed by atoms with Gasteiger partial charge in [0.15, 0.2) is 5.65 Å². The summed E-state index contributed by atoms with van der Waals surface area (Å²) in [4.78, 5) is 54.6. The fourth-order valence-electron chi connectivity index (χ4n) is 3.18. The van der Waals surface area contributed by atoms with Crippen LogP contribution in [-0.4, -0.2) is 68.7 Å². The van der Waals surface area contributed by atoms with Gasteiger partial charge in [0.1, 0.15) is 17.9 Å². The van der Waals surface area contributed by atoms with E-state index in [1.54, 1.807) is 24.9 Å². The number of amides is 1. The standard InChI is InChI=1S/C19H26N6O3/c1-6-19(2,3)14(26)17(28)24-9-7-8-13(24)16(27)25-11-21-12-10-20-18(23(4)5)22-15(12)25/h10-11,13H,6-9H2,1-5H3. The van der Waals surface area contributed by atoms with Crippen molar-refractivity contribution >= 4 is 34.7 Å². The minimum Gasteiger partial charge on any atom is -0.347 e. The highest BCUT2D eigenvalue weighted by atomic mass is 16.2. The lowest BCUT2D eigenvalue weighted by Crippen LogP contribution is -2.48. The highest BCUT2D eigenvalue weighted by molar-refractivity contribution is 6.38. The molecule has 1 amide bonds. The van der Waals surface area contributed by atoms with E-state index in [0.717, 1.165) is 0 Å². The summed E-state index contributed by atoms with van der Waals surface area (Å²) in [5, 5.41) is 0. The van der Waals surface area contributed by atoms with Crippen molar-refractivity contribution in [3.8, 4) is 0 Å². The van der Waals surface area contributed by atoms with E-state index >= 15 is 0 Å². The molecular weight excluding hydrogens is 360 g/mol. The number of likely N-dealkylation sites (tertiary alicyclic amines) is 1. The maximum Gasteiger partial charge on any atom is 0.291 e. The smallest absolute Gasteiger partial charge is 0.291 e. The molecule has 0 aromatic carbocycles. The van der Waals surface area contributed by atoms with Gasteiger partial charge in [0.2, 0.25) is 11.7 Å². The summed E-state index contributed by atoms with van der Waals surface area (Å²) in [6.45, 7) is 5.77. The van der Waals surface area contributed by atoms with Crippen molar-refractivity contribution in [3.63, 3.8) is 0 Å². The maximum atomic E-state index is 13.2. The number of ketones is 1. The molecule has 0 bridgehead atoms. The molecule has 2 aromatic rings. The zero-order valence-electron chi connectivity index (χ0n) is 17.0. The van der Waals surface area contributed by atoms with Crippen LogP contribution in [0.4, 0.5) is 5.95 Å². The molecule has 0 N–H and O–H groups in total. The summed E-state index contributed by atoms with van der Waals surface area (Å²) in [6.07, 6.45) is 4.70. The lowest BCUT2D eigenvalue weighted by atomic mass is 9.84. The summed E-state index contributed by atoms with van der Waals surface area (Å²) in [5.74, 6) is -0.890. The number of carbonyl (C=O) groups excluding carboxylic acids is 3. The molecule has 2 aromatic heterocycles. The van der Waals surface area contributed by atoms with Crippen LogP contribution in [0.3, 0.4) is 0 Å². The molecule has 28 heavy (non-hydrogen) atoms. The van der Waals surface area contributed by atoms with Crippen LogP contribution in [0, 0.1) is 5.41 Å². The second kappa shape index (κ2) is 7.29. The quantitative estimate of drug-likeness (QED) is 0.718. The van der Waals surface area contributed by atoms with Crippen molar-refractivity contribution in [3.05, 3.63) is 12.5 Å². The molecule has 150 valence electrons. The van der Waals surface area contributed by atoms with E-state index in [2.05, 4.69) is 15.0 Å². The first-order valence-electron chi connectivity index (χ1n) is 9.44. The molecule has 1 atom stereocenters. The lowest BCUT2D eigenvalue weighted by molar-refractivity contribution is -0.149. The van der Waals surface area contributed by atoms with E-state index in [0.29, 0.717) is 42.9 Å². The molecule has 9 nitrogen and oxygen atoms in total. The second-order valence-electron chi connectivity index (χ2n) is 7.95. The van der Waals surface area contributed by atoms with Crippen LogP contribution in [0.25, 0.3) is 11.2 Å². The fraction of sp³-hybridized carbons (Fsp3) is 0.579. The lowest BCUT2D eigenvalue weighted by Gasteiger charge is -2.27. The van der Waals surface area contributed by atoms with Crippen LogP contribution in [0.15, 0.2) is 12.5 Å². The summed E-state index contributed by atoms with van der Waals surface area (Å²) >= 11 is 0. The molecule has 3 heterocycles. The van der Waals surface area contributed by atoms with Crippen molar-refractivity contribution in [2.45, 2.75) is 46.1 Å². The predicted molar refractivity (Wildman–Crippen MR) is 104 cm³/mol. The number of imidazole rings is 1. The molecule has 0 saturated carbocycles. The van der Waals surface area contributed by atoms with E-state index in [1.165, 1.54) is 15.8 Å². The summed E-state index contributed by atoms with van der Waals surface area (Å²) < 4.78 is 1.36. The summed E-state index contributed by atoms with van der Waals surface area (Å²) in [7, 11) is 3.62. The van der Waals surface area contributed by atoms with Crippen LogP contribution in [-0.2, 0) is 9.59 Å². The Morgan fingerprint density at radius 1 is 1.25 bits per heavy atom. The highest BCUT2D eigenvalue weighted by Crippen LogP contribution is 2.26. The average molecular weight is 386 g/mol. The molecule has 0 radical (unpaired) electrons. The molecular formula is C19H26N6O3. The minimum absolute atomic E-state index is 0.307. The number of carbonyl (C=O) groups is 3. The van der Waals surface area contributed by atoms with Gasteiger partial charge < -0.3 is 9.80 Å². The van der Waals surface area contributed by atoms with Gasteiger partial charge in [0.05, 0.1) is 6.20 Å². The van der Waals surface area contributed by atoms with E-state index in [4.69, 9.17) is 0 Å². The third-order valence-electron chi connectivity index (χ3n) is 5.41. The number of anilines is 1. The first-order chi connectivity index (χ1) is 13.2. The van der Waals surface area contributed by atoms with Crippen molar-refractivity contribution in [1.29, 1.82) is 0 Å². The van der Waals surface area contributed by atoms with Gasteiger partial charge >= 0.3 is 0 Å². The van der Waals surface area contributed by atoms with Gasteiger partial charge in [0.25, 0.3) is 11.8 Å². The van der Waals surface area contributed by atoms with Gasteiger partial charge in [-0.2, -0.15) is 4.98 Å². The first-order valence-corrected chi connectivity index (χ1v) is 9.44. The summed E-state index contributed by atoms with van der Waals surface area (Å²) in [6, 6.07) is -0.695. The Kier molecular flexibility index (Phi) is 5.18. The number of nitrogens with zero attached hydrogens (tertiary/aromatic N) is 6. The third kappa shape index (κ3) is 3.36. The topological polar surface area (TPSA) is 101 Å². The number of hydrogen-bond donors (Lipinski definition) is 0. The van der Waals surface area contributed by atoms with Gasteiger partial charge in [-0.05, 0) is 19.3 Å². The molecule has 1 fully saturated rings. The van der Waals surface area contributed by atoms with Crippen LogP contribution in [0.5, 0.6) is 0 Å². The van der Waals surface area contributed by atoms with Gasteiger partial charge in [0, 0.05) is 26.1 Å². The van der Waals surface area contributed by atoms with Gasteiger partial charge in [-0.15, -0.1) is 0 Å². The third-order valence-corrected chi connectivity index (χ3v) is 5.41. The zero-order valence-corrected chi connectivity index (χ0v) is 17.0. The number of Topliss-reactive ketones (excluding diaryl/α,β-unsaturated/α-hetero) is 1. The molecule has 1 saturated heterocycles. The first kappa shape index (κ1) is 19.9. The predicted octanol–water partition coefficient (Wildman–Crippen LogP) is 1.53. The van der Waals surface area contributed by atoms with E-state index in [1.807, 2.05) is 21.0 Å². The SMILES string of the molecule is CCC(C)(C)C(=O)C(=O)N1CCCC1C(=O)n1cnc2cnc(N(C)C)nc21. The number of hydrogen-bond acceptors (Lipinski definition) is 7. The minimum atomic E-state index is -0.747. The number of rotatable bonds is 5. The molecule has 9 heteroatoms. The molecule has 1 unspecified atom stereocenters. The number of aromatic nitrogens is 4. The van der Waals surface area contributed by atoms with Crippen LogP contribution in [0.1, 0.15) is 44.8 Å². The molecule has 1 aliphatic heterocycles. The van der Waals surface area contributed by atoms with Crippen molar-refractivity contribution < 1.29 is 14.4 Å².